The molecule has 164 valence electrons. The quantitative estimate of drug-likeness (QED) is 0.243. The fraction of sp³-hybridized carbons (Fsp3) is 0.235. The first-order valence-electron chi connectivity index (χ1n) is 8.70. The summed E-state index contributed by atoms with van der Waals surface area (Å²) in [5.74, 6) is -3.65. The molecule has 0 bridgehead atoms. The van der Waals surface area contributed by atoms with Crippen LogP contribution in [0, 0.1) is 0 Å². The fourth-order valence-corrected chi connectivity index (χ4v) is 2.61. The zero-order chi connectivity index (χ0) is 23.1. The van der Waals surface area contributed by atoms with Gasteiger partial charge in [-0.2, -0.15) is 4.98 Å². The number of carbonyl (C=O) groups is 4. The number of amides is 2. The molecule has 14 heteroatoms. The molecule has 0 saturated heterocycles. The maximum absolute atomic E-state index is 12.2. The van der Waals surface area contributed by atoms with Gasteiger partial charge in [0, 0.05) is 6.42 Å². The van der Waals surface area contributed by atoms with Gasteiger partial charge in [0.15, 0.2) is 0 Å². The van der Waals surface area contributed by atoms with E-state index in [1.165, 1.54) is 12.1 Å². The first kappa shape index (κ1) is 22.8. The summed E-state index contributed by atoms with van der Waals surface area (Å²) in [5, 5.41) is 20.5. The lowest BCUT2D eigenvalue weighted by molar-refractivity contribution is -0.140. The third-order valence-corrected chi connectivity index (χ3v) is 4.07. The number of anilines is 4. The first-order valence-corrected chi connectivity index (χ1v) is 8.70. The minimum absolute atomic E-state index is 0.0609. The number of rotatable bonds is 10. The third-order valence-electron chi connectivity index (χ3n) is 4.07. The summed E-state index contributed by atoms with van der Waals surface area (Å²) in [6.45, 7) is 0. The van der Waals surface area contributed by atoms with Crippen molar-refractivity contribution in [2.45, 2.75) is 25.3 Å². The highest BCUT2D eigenvalue weighted by atomic mass is 16.4. The Balaban J connectivity index is 2.12. The number of aromatic nitrogens is 3. The molecule has 2 rings (SSSR count). The van der Waals surface area contributed by atoms with Crippen LogP contribution < -0.4 is 27.2 Å². The summed E-state index contributed by atoms with van der Waals surface area (Å²) < 4.78 is 0. The van der Waals surface area contributed by atoms with E-state index in [1.54, 1.807) is 0 Å². The smallest absolute Gasteiger partial charge is 0.326 e. The summed E-state index contributed by atoms with van der Waals surface area (Å²) >= 11 is 0. The molecule has 8 N–H and O–H groups in total. The molecule has 14 nitrogen and oxygen atoms in total. The van der Waals surface area contributed by atoms with Crippen molar-refractivity contribution in [1.29, 1.82) is 0 Å². The SMILES string of the molecule is Nc1nc(N)c(CC(=O)Nc2ccc(N(C=O)[C@@H](CCC(=O)O)C(=O)O)nc2)c(=O)[nH]1. The van der Waals surface area contributed by atoms with Crippen LogP contribution in [0.5, 0.6) is 0 Å². The van der Waals surface area contributed by atoms with Crippen molar-refractivity contribution >= 4 is 47.5 Å². The van der Waals surface area contributed by atoms with Crippen LogP contribution in [-0.2, 0) is 25.6 Å². The van der Waals surface area contributed by atoms with Crippen molar-refractivity contribution in [2.24, 2.45) is 0 Å². The Morgan fingerprint density at radius 1 is 1.26 bits per heavy atom. The Bertz CT molecular complexity index is 1050. The van der Waals surface area contributed by atoms with Crippen molar-refractivity contribution in [3.8, 4) is 0 Å². The van der Waals surface area contributed by atoms with E-state index >= 15 is 0 Å². The van der Waals surface area contributed by atoms with Crippen LogP contribution in [0.4, 0.5) is 23.3 Å². The molecule has 2 aromatic heterocycles. The second-order valence-corrected chi connectivity index (χ2v) is 6.24. The Morgan fingerprint density at radius 2 is 1.97 bits per heavy atom. The summed E-state index contributed by atoms with van der Waals surface area (Å²) in [7, 11) is 0. The van der Waals surface area contributed by atoms with Gasteiger partial charge in [0.05, 0.1) is 23.9 Å². The predicted molar refractivity (Wildman–Crippen MR) is 107 cm³/mol. The van der Waals surface area contributed by atoms with Gasteiger partial charge < -0.3 is 27.0 Å². The zero-order valence-electron chi connectivity index (χ0n) is 15.9. The number of hydrogen-bond donors (Lipinski definition) is 6. The lowest BCUT2D eigenvalue weighted by atomic mass is 10.1. The lowest BCUT2D eigenvalue weighted by Gasteiger charge is -2.23. The van der Waals surface area contributed by atoms with Gasteiger partial charge in [0.2, 0.25) is 18.3 Å². The number of aromatic amines is 1. The Hall–Kier alpha value is -4.49. The second kappa shape index (κ2) is 9.82. The van der Waals surface area contributed by atoms with Crippen LogP contribution in [0.25, 0.3) is 0 Å². The summed E-state index contributed by atoms with van der Waals surface area (Å²) in [6.07, 6.45) is 0.207. The monoisotopic (exact) mass is 433 g/mol. The molecule has 2 amide bonds. The molecule has 0 fully saturated rings. The highest BCUT2D eigenvalue weighted by molar-refractivity contribution is 5.93. The normalized spacial score (nSPS) is 11.4. The number of carbonyl (C=O) groups excluding carboxylic acids is 2. The number of pyridine rings is 1. The maximum atomic E-state index is 12.2. The van der Waals surface area contributed by atoms with Gasteiger partial charge in [-0.3, -0.25) is 29.1 Å². The molecule has 0 aromatic carbocycles. The molecule has 0 aliphatic heterocycles. The first-order chi connectivity index (χ1) is 14.6. The lowest BCUT2D eigenvalue weighted by Crippen LogP contribution is -2.41. The number of aliphatic carboxylic acids is 2. The van der Waals surface area contributed by atoms with Gasteiger partial charge in [-0.1, -0.05) is 0 Å². The number of nitrogens with one attached hydrogen (secondary N) is 2. The molecule has 2 aromatic rings. The number of H-pyrrole nitrogens is 1. The number of nitrogens with two attached hydrogens (primary N) is 2. The molecule has 2 heterocycles. The molecular formula is C17H19N7O7. The molecule has 0 spiro atoms. The van der Waals surface area contributed by atoms with E-state index in [2.05, 4.69) is 20.3 Å². The largest absolute Gasteiger partial charge is 0.481 e. The standard InChI is InChI=1S/C17H19N7O7/c18-14-9(15(29)23-17(19)22-14)5-12(26)21-8-1-3-11(20-6-8)24(7-25)10(16(30)31)2-4-13(27)28/h1,3,6-7,10H,2,4-5H2,(H,21,26)(H,27,28)(H,30,31)(H5,18,19,22,23,29)/t10-/m0/s1. The third kappa shape index (κ3) is 5.99. The molecule has 0 unspecified atom stereocenters. The number of nitrogen functional groups attached to an aromatic ring is 2. The van der Waals surface area contributed by atoms with Crippen molar-refractivity contribution < 1.29 is 29.4 Å². The van der Waals surface area contributed by atoms with Crippen LogP contribution >= 0.6 is 0 Å². The van der Waals surface area contributed by atoms with Gasteiger partial charge in [-0.25, -0.2) is 9.78 Å². The number of carboxylic acid groups (broad SMARTS) is 2. The number of carboxylic acids is 2. The van der Waals surface area contributed by atoms with E-state index in [0.717, 1.165) is 11.1 Å². The van der Waals surface area contributed by atoms with E-state index < -0.39 is 42.3 Å². The summed E-state index contributed by atoms with van der Waals surface area (Å²) in [4.78, 5) is 68.2. The minimum Gasteiger partial charge on any atom is -0.481 e. The molecule has 0 aliphatic carbocycles. The van der Waals surface area contributed by atoms with Gasteiger partial charge in [0.1, 0.15) is 17.7 Å². The Labute approximate surface area is 173 Å². The molecular weight excluding hydrogens is 414 g/mol. The predicted octanol–water partition coefficient (Wildman–Crippen LogP) is -1.21. The van der Waals surface area contributed by atoms with Crippen molar-refractivity contribution in [3.63, 3.8) is 0 Å². The average molecular weight is 433 g/mol. The van der Waals surface area contributed by atoms with Gasteiger partial charge in [-0.15, -0.1) is 0 Å². The molecule has 0 aliphatic rings. The van der Waals surface area contributed by atoms with Crippen LogP contribution in [0.2, 0.25) is 0 Å². The van der Waals surface area contributed by atoms with E-state index in [9.17, 15) is 29.1 Å². The van der Waals surface area contributed by atoms with E-state index in [1.807, 2.05) is 0 Å². The van der Waals surface area contributed by atoms with Gasteiger partial charge >= 0.3 is 11.9 Å². The molecule has 31 heavy (non-hydrogen) atoms. The summed E-state index contributed by atoms with van der Waals surface area (Å²) in [5.41, 5.74) is 10.4. The topological polar surface area (TPSA) is 235 Å². The highest BCUT2D eigenvalue weighted by Crippen LogP contribution is 2.18. The molecule has 0 saturated carbocycles. The summed E-state index contributed by atoms with van der Waals surface area (Å²) in [6, 6.07) is 1.18. The van der Waals surface area contributed by atoms with Crippen molar-refractivity contribution in [3.05, 3.63) is 34.2 Å². The fourth-order valence-electron chi connectivity index (χ4n) is 2.61. The van der Waals surface area contributed by atoms with Crippen LogP contribution in [0.15, 0.2) is 23.1 Å². The van der Waals surface area contributed by atoms with E-state index in [4.69, 9.17) is 16.6 Å². The van der Waals surface area contributed by atoms with Gasteiger partial charge in [0.25, 0.3) is 5.56 Å². The number of hydrogen-bond acceptors (Lipinski definition) is 9. The number of nitrogens with zero attached hydrogens (tertiary/aromatic N) is 3. The van der Waals surface area contributed by atoms with Crippen molar-refractivity contribution in [2.75, 3.05) is 21.7 Å². The van der Waals surface area contributed by atoms with Gasteiger partial charge in [-0.05, 0) is 18.6 Å². The molecule has 0 radical (unpaired) electrons. The average Bonchev–Trinajstić information content (AvgIpc) is 2.68. The Kier molecular flexibility index (Phi) is 7.22. The van der Waals surface area contributed by atoms with Crippen LogP contribution in [0.3, 0.4) is 0 Å². The highest BCUT2D eigenvalue weighted by Gasteiger charge is 2.27. The second-order valence-electron chi connectivity index (χ2n) is 6.24. The van der Waals surface area contributed by atoms with Crippen LogP contribution in [0.1, 0.15) is 18.4 Å². The van der Waals surface area contributed by atoms with Crippen molar-refractivity contribution in [1.82, 2.24) is 15.0 Å². The van der Waals surface area contributed by atoms with Crippen LogP contribution in [-0.4, -0.2) is 55.5 Å². The molecule has 1 atom stereocenters. The Morgan fingerprint density at radius 3 is 2.48 bits per heavy atom. The zero-order valence-corrected chi connectivity index (χ0v) is 15.9. The minimum atomic E-state index is -1.44. The van der Waals surface area contributed by atoms with E-state index in [0.29, 0.717) is 0 Å². The maximum Gasteiger partial charge on any atom is 0.326 e. The van der Waals surface area contributed by atoms with E-state index in [-0.39, 0.29) is 41.7 Å².